The normalized spacial score (nSPS) is 28.0. The van der Waals surface area contributed by atoms with Gasteiger partial charge in [-0.25, -0.2) is 0 Å². The smallest absolute Gasteiger partial charge is 0.245 e. The highest BCUT2D eigenvalue weighted by Crippen LogP contribution is 2.42. The number of rotatable bonds is 5. The number of carbonyl (C=O) groups is 2. The first-order chi connectivity index (χ1) is 14.0. The van der Waals surface area contributed by atoms with Gasteiger partial charge in [-0.1, -0.05) is 19.9 Å². The summed E-state index contributed by atoms with van der Waals surface area (Å²) in [6.07, 6.45) is 4.83. The van der Waals surface area contributed by atoms with Crippen molar-refractivity contribution >= 4 is 11.8 Å². The standard InChI is InChI=1S/C22H30N2O5/c1-3-4-20(25)24-17(13-29-22(24)9-7-15(2)8-10-22)21(26)23-12-16-5-6-18-19(11-16)28-14-27-18/h5-6,11,15,17H,3-4,7-10,12-14H2,1-2H3,(H,23,26)/t15?,17-,22?/m0/s1. The molecular weight excluding hydrogens is 372 g/mol. The summed E-state index contributed by atoms with van der Waals surface area (Å²) >= 11 is 0. The molecule has 1 saturated carbocycles. The Hall–Kier alpha value is -2.28. The molecule has 1 saturated heterocycles. The summed E-state index contributed by atoms with van der Waals surface area (Å²) in [6, 6.07) is 5.05. The molecule has 0 radical (unpaired) electrons. The van der Waals surface area contributed by atoms with Crippen LogP contribution in [-0.2, 0) is 20.9 Å². The van der Waals surface area contributed by atoms with Gasteiger partial charge in [0.05, 0.1) is 6.61 Å². The van der Waals surface area contributed by atoms with Crippen molar-refractivity contribution in [2.45, 2.75) is 70.7 Å². The monoisotopic (exact) mass is 402 g/mol. The minimum Gasteiger partial charge on any atom is -0.454 e. The quantitative estimate of drug-likeness (QED) is 0.819. The Morgan fingerprint density at radius 2 is 1.97 bits per heavy atom. The summed E-state index contributed by atoms with van der Waals surface area (Å²) in [7, 11) is 0. The predicted octanol–water partition coefficient (Wildman–Crippen LogP) is 2.97. The van der Waals surface area contributed by atoms with Gasteiger partial charge < -0.3 is 19.5 Å². The number of amides is 2. The average molecular weight is 402 g/mol. The second kappa shape index (κ2) is 8.22. The fraction of sp³-hybridized carbons (Fsp3) is 0.636. The van der Waals surface area contributed by atoms with Gasteiger partial charge >= 0.3 is 0 Å². The lowest BCUT2D eigenvalue weighted by molar-refractivity contribution is -0.161. The molecule has 0 aromatic heterocycles. The Bertz CT molecular complexity index is 772. The van der Waals surface area contributed by atoms with Gasteiger partial charge in [0.15, 0.2) is 11.5 Å². The molecule has 2 aliphatic heterocycles. The van der Waals surface area contributed by atoms with E-state index in [4.69, 9.17) is 14.2 Å². The van der Waals surface area contributed by atoms with Crippen molar-refractivity contribution in [3.63, 3.8) is 0 Å². The number of carbonyl (C=O) groups excluding carboxylic acids is 2. The number of hydrogen-bond acceptors (Lipinski definition) is 5. The molecule has 1 atom stereocenters. The van der Waals surface area contributed by atoms with Crippen LogP contribution in [0.15, 0.2) is 18.2 Å². The highest BCUT2D eigenvalue weighted by Gasteiger charge is 2.53. The predicted molar refractivity (Wildman–Crippen MR) is 106 cm³/mol. The Balaban J connectivity index is 1.45. The largest absolute Gasteiger partial charge is 0.454 e. The molecule has 2 amide bonds. The van der Waals surface area contributed by atoms with Crippen molar-refractivity contribution in [3.05, 3.63) is 23.8 Å². The third-order valence-corrected chi connectivity index (χ3v) is 6.26. The summed E-state index contributed by atoms with van der Waals surface area (Å²) in [5.41, 5.74) is 0.314. The van der Waals surface area contributed by atoms with Crippen LogP contribution in [-0.4, -0.2) is 41.9 Å². The molecule has 158 valence electrons. The Labute approximate surface area is 171 Å². The van der Waals surface area contributed by atoms with E-state index in [1.807, 2.05) is 25.1 Å². The molecule has 4 rings (SSSR count). The molecule has 1 N–H and O–H groups in total. The molecule has 7 heteroatoms. The van der Waals surface area contributed by atoms with Crippen LogP contribution in [0.5, 0.6) is 11.5 Å². The first-order valence-corrected chi connectivity index (χ1v) is 10.6. The van der Waals surface area contributed by atoms with Gasteiger partial charge in [0, 0.05) is 13.0 Å². The second-order valence-electron chi connectivity index (χ2n) is 8.37. The van der Waals surface area contributed by atoms with E-state index in [1.165, 1.54) is 0 Å². The van der Waals surface area contributed by atoms with E-state index >= 15 is 0 Å². The van der Waals surface area contributed by atoms with Crippen molar-refractivity contribution < 1.29 is 23.8 Å². The van der Waals surface area contributed by atoms with Gasteiger partial charge in [-0.3, -0.25) is 14.5 Å². The minimum atomic E-state index is -0.612. The first-order valence-electron chi connectivity index (χ1n) is 10.6. The first kappa shape index (κ1) is 20.0. The fourth-order valence-electron chi connectivity index (χ4n) is 4.55. The van der Waals surface area contributed by atoms with Gasteiger partial charge in [-0.05, 0) is 55.7 Å². The number of fused-ring (bicyclic) bond motifs is 1. The zero-order chi connectivity index (χ0) is 20.4. The Morgan fingerprint density at radius 3 is 2.72 bits per heavy atom. The number of benzene rings is 1. The van der Waals surface area contributed by atoms with Crippen LogP contribution in [0.2, 0.25) is 0 Å². The van der Waals surface area contributed by atoms with Crippen LogP contribution in [0.3, 0.4) is 0 Å². The average Bonchev–Trinajstić information content (AvgIpc) is 3.33. The van der Waals surface area contributed by atoms with E-state index < -0.39 is 11.8 Å². The topological polar surface area (TPSA) is 77.1 Å². The van der Waals surface area contributed by atoms with Crippen molar-refractivity contribution in [3.8, 4) is 11.5 Å². The molecular formula is C22H30N2O5. The fourth-order valence-corrected chi connectivity index (χ4v) is 4.55. The van der Waals surface area contributed by atoms with Gasteiger partial charge in [0.25, 0.3) is 0 Å². The number of ether oxygens (including phenoxy) is 3. The van der Waals surface area contributed by atoms with Crippen LogP contribution in [0.4, 0.5) is 0 Å². The lowest BCUT2D eigenvalue weighted by Crippen LogP contribution is -2.56. The summed E-state index contributed by atoms with van der Waals surface area (Å²) < 4.78 is 16.9. The molecule has 2 heterocycles. The maximum Gasteiger partial charge on any atom is 0.245 e. The van der Waals surface area contributed by atoms with E-state index in [0.29, 0.717) is 30.4 Å². The molecule has 0 unspecified atom stereocenters. The molecule has 3 aliphatic rings. The molecule has 0 bridgehead atoms. The van der Waals surface area contributed by atoms with Crippen LogP contribution in [0.25, 0.3) is 0 Å². The van der Waals surface area contributed by atoms with Crippen molar-refractivity contribution in [2.75, 3.05) is 13.4 Å². The molecule has 1 spiro atoms. The van der Waals surface area contributed by atoms with E-state index in [0.717, 1.165) is 37.7 Å². The van der Waals surface area contributed by atoms with Gasteiger partial charge in [0.2, 0.25) is 18.6 Å². The zero-order valence-electron chi connectivity index (χ0n) is 17.2. The van der Waals surface area contributed by atoms with Gasteiger partial charge in [0.1, 0.15) is 11.8 Å². The van der Waals surface area contributed by atoms with Crippen LogP contribution >= 0.6 is 0 Å². The molecule has 2 fully saturated rings. The molecule has 7 nitrogen and oxygen atoms in total. The van der Waals surface area contributed by atoms with Crippen molar-refractivity contribution in [1.29, 1.82) is 0 Å². The van der Waals surface area contributed by atoms with E-state index in [9.17, 15) is 9.59 Å². The summed E-state index contributed by atoms with van der Waals surface area (Å²) in [5.74, 6) is 1.89. The summed E-state index contributed by atoms with van der Waals surface area (Å²) in [4.78, 5) is 27.7. The van der Waals surface area contributed by atoms with Gasteiger partial charge in [-0.15, -0.1) is 0 Å². The summed E-state index contributed by atoms with van der Waals surface area (Å²) in [6.45, 7) is 5.07. The van der Waals surface area contributed by atoms with E-state index in [-0.39, 0.29) is 25.2 Å². The molecule has 1 aromatic carbocycles. The highest BCUT2D eigenvalue weighted by atomic mass is 16.7. The Kier molecular flexibility index (Phi) is 5.67. The SMILES string of the molecule is CCCC(=O)N1[C@H](C(=O)NCc2ccc3c(c2)OCO3)COC12CCC(C)CC2. The zero-order valence-corrected chi connectivity index (χ0v) is 17.2. The highest BCUT2D eigenvalue weighted by molar-refractivity contribution is 5.88. The molecule has 29 heavy (non-hydrogen) atoms. The van der Waals surface area contributed by atoms with Crippen LogP contribution < -0.4 is 14.8 Å². The van der Waals surface area contributed by atoms with Crippen molar-refractivity contribution in [1.82, 2.24) is 10.2 Å². The number of nitrogens with one attached hydrogen (secondary N) is 1. The number of hydrogen-bond donors (Lipinski definition) is 1. The van der Waals surface area contributed by atoms with Crippen LogP contribution in [0, 0.1) is 5.92 Å². The van der Waals surface area contributed by atoms with E-state index in [2.05, 4.69) is 12.2 Å². The molecule has 1 aliphatic carbocycles. The van der Waals surface area contributed by atoms with Crippen molar-refractivity contribution in [2.24, 2.45) is 5.92 Å². The third-order valence-electron chi connectivity index (χ3n) is 6.26. The van der Waals surface area contributed by atoms with Crippen LogP contribution in [0.1, 0.15) is 57.9 Å². The maximum absolute atomic E-state index is 13.0. The lowest BCUT2D eigenvalue weighted by Gasteiger charge is -2.43. The second-order valence-corrected chi connectivity index (χ2v) is 8.37. The van der Waals surface area contributed by atoms with Gasteiger partial charge in [-0.2, -0.15) is 0 Å². The maximum atomic E-state index is 13.0. The number of nitrogens with zero attached hydrogens (tertiary/aromatic N) is 1. The third kappa shape index (κ3) is 3.92. The summed E-state index contributed by atoms with van der Waals surface area (Å²) in [5, 5.41) is 2.98. The molecule has 1 aromatic rings. The lowest BCUT2D eigenvalue weighted by atomic mass is 9.83. The Morgan fingerprint density at radius 1 is 1.21 bits per heavy atom. The van der Waals surface area contributed by atoms with E-state index in [1.54, 1.807) is 4.90 Å². The minimum absolute atomic E-state index is 0.0165.